The lowest BCUT2D eigenvalue weighted by atomic mass is 9.76. The van der Waals surface area contributed by atoms with Gasteiger partial charge in [0.2, 0.25) is 11.8 Å². The summed E-state index contributed by atoms with van der Waals surface area (Å²) in [6, 6.07) is 10.4. The van der Waals surface area contributed by atoms with E-state index in [1.165, 1.54) is 5.56 Å². The topological polar surface area (TPSA) is 60.9 Å². The summed E-state index contributed by atoms with van der Waals surface area (Å²) in [5.74, 6) is 0.294. The summed E-state index contributed by atoms with van der Waals surface area (Å²) in [5, 5.41) is 10.1. The van der Waals surface area contributed by atoms with Gasteiger partial charge in [-0.15, -0.1) is 0 Å². The Kier molecular flexibility index (Phi) is 6.89. The molecular weight excluding hydrogens is 340 g/mol. The zero-order valence-corrected chi connectivity index (χ0v) is 16.2. The Morgan fingerprint density at radius 1 is 1.15 bits per heavy atom. The Balaban J connectivity index is 1.49. The summed E-state index contributed by atoms with van der Waals surface area (Å²) in [5.41, 5.74) is 1.15. The van der Waals surface area contributed by atoms with Gasteiger partial charge in [0.15, 0.2) is 0 Å². The van der Waals surface area contributed by atoms with Gasteiger partial charge < -0.3 is 14.9 Å². The first-order chi connectivity index (χ1) is 13.1. The van der Waals surface area contributed by atoms with Crippen LogP contribution in [0.4, 0.5) is 0 Å². The summed E-state index contributed by atoms with van der Waals surface area (Å²) in [6.45, 7) is 2.87. The van der Waals surface area contributed by atoms with Gasteiger partial charge in [-0.1, -0.05) is 30.3 Å². The van der Waals surface area contributed by atoms with Gasteiger partial charge in [-0.25, -0.2) is 0 Å². The average molecular weight is 373 g/mol. The van der Waals surface area contributed by atoms with Crippen LogP contribution in [-0.4, -0.2) is 59.5 Å². The number of rotatable bonds is 8. The standard InChI is InChI=1S/C22H32N2O3/c25-18-22(12-4-9-19-7-2-1-3-8-19)13-6-15-24(17-22)21(27)11-16-23-14-5-10-20(23)26/h1-3,7-8,25H,4-6,9-18H2/t22-/m1/s1. The van der Waals surface area contributed by atoms with Crippen molar-refractivity contribution in [3.05, 3.63) is 35.9 Å². The molecular formula is C22H32N2O3. The minimum absolute atomic E-state index is 0.121. The van der Waals surface area contributed by atoms with Gasteiger partial charge >= 0.3 is 0 Å². The van der Waals surface area contributed by atoms with E-state index in [-0.39, 0.29) is 23.8 Å². The van der Waals surface area contributed by atoms with Crippen molar-refractivity contribution >= 4 is 11.8 Å². The lowest BCUT2D eigenvalue weighted by molar-refractivity contribution is -0.136. The molecule has 27 heavy (non-hydrogen) atoms. The maximum atomic E-state index is 12.7. The van der Waals surface area contributed by atoms with Crippen LogP contribution in [0.1, 0.15) is 50.5 Å². The normalized spacial score (nSPS) is 23.1. The SMILES string of the molecule is O=C1CCCN1CCC(=O)N1CCC[C@](CO)(CCCc2ccccc2)C1. The van der Waals surface area contributed by atoms with Crippen LogP contribution in [0.15, 0.2) is 30.3 Å². The van der Waals surface area contributed by atoms with Crippen LogP contribution < -0.4 is 0 Å². The van der Waals surface area contributed by atoms with Gasteiger partial charge in [0.05, 0.1) is 6.61 Å². The Morgan fingerprint density at radius 3 is 2.67 bits per heavy atom. The molecule has 0 aromatic heterocycles. The van der Waals surface area contributed by atoms with Gasteiger partial charge in [-0.05, 0) is 44.1 Å². The van der Waals surface area contributed by atoms with Gasteiger partial charge in [0.25, 0.3) is 0 Å². The molecule has 0 unspecified atom stereocenters. The smallest absolute Gasteiger partial charge is 0.224 e. The molecule has 148 valence electrons. The number of piperidine rings is 1. The number of carbonyl (C=O) groups excluding carboxylic acids is 2. The number of aliphatic hydroxyl groups is 1. The van der Waals surface area contributed by atoms with Crippen molar-refractivity contribution in [2.24, 2.45) is 5.41 Å². The minimum atomic E-state index is -0.174. The van der Waals surface area contributed by atoms with Crippen LogP contribution in [0.2, 0.25) is 0 Å². The van der Waals surface area contributed by atoms with Crippen LogP contribution >= 0.6 is 0 Å². The van der Waals surface area contributed by atoms with E-state index >= 15 is 0 Å². The van der Waals surface area contributed by atoms with Crippen molar-refractivity contribution < 1.29 is 14.7 Å². The predicted octanol–water partition coefficient (Wildman–Crippen LogP) is 2.62. The zero-order valence-electron chi connectivity index (χ0n) is 16.2. The fraction of sp³-hybridized carbons (Fsp3) is 0.636. The first kappa shape index (κ1) is 19.9. The molecule has 3 rings (SSSR count). The van der Waals surface area contributed by atoms with Crippen molar-refractivity contribution in [2.75, 3.05) is 32.8 Å². The van der Waals surface area contributed by atoms with Crippen LogP contribution in [0.3, 0.4) is 0 Å². The largest absolute Gasteiger partial charge is 0.396 e. The molecule has 0 bridgehead atoms. The van der Waals surface area contributed by atoms with Crippen molar-refractivity contribution in [2.45, 2.75) is 51.4 Å². The molecule has 2 aliphatic rings. The molecule has 0 spiro atoms. The number of carbonyl (C=O) groups is 2. The molecule has 0 saturated carbocycles. The van der Waals surface area contributed by atoms with E-state index in [4.69, 9.17) is 0 Å². The first-order valence-electron chi connectivity index (χ1n) is 10.3. The van der Waals surface area contributed by atoms with Gasteiger partial charge in [-0.3, -0.25) is 9.59 Å². The number of hydrogen-bond donors (Lipinski definition) is 1. The second kappa shape index (κ2) is 9.36. The highest BCUT2D eigenvalue weighted by atomic mass is 16.3. The molecule has 2 heterocycles. The highest BCUT2D eigenvalue weighted by Gasteiger charge is 2.36. The van der Waals surface area contributed by atoms with Gasteiger partial charge in [-0.2, -0.15) is 0 Å². The number of amides is 2. The predicted molar refractivity (Wildman–Crippen MR) is 105 cm³/mol. The number of hydrogen-bond acceptors (Lipinski definition) is 3. The Morgan fingerprint density at radius 2 is 1.96 bits per heavy atom. The third-order valence-electron chi connectivity index (χ3n) is 6.13. The lowest BCUT2D eigenvalue weighted by Crippen LogP contribution is -2.48. The van der Waals surface area contributed by atoms with Crippen LogP contribution in [0, 0.1) is 5.41 Å². The van der Waals surface area contributed by atoms with Crippen molar-refractivity contribution in [3.63, 3.8) is 0 Å². The third-order valence-corrected chi connectivity index (χ3v) is 6.13. The fourth-order valence-electron chi connectivity index (χ4n) is 4.47. The molecule has 1 aromatic rings. The van der Waals surface area contributed by atoms with E-state index in [9.17, 15) is 14.7 Å². The Bertz CT molecular complexity index is 634. The van der Waals surface area contributed by atoms with Crippen molar-refractivity contribution in [1.29, 1.82) is 0 Å². The van der Waals surface area contributed by atoms with Crippen LogP contribution in [0.5, 0.6) is 0 Å². The van der Waals surface area contributed by atoms with E-state index in [1.54, 1.807) is 4.90 Å². The van der Waals surface area contributed by atoms with Crippen molar-refractivity contribution in [3.8, 4) is 0 Å². The van der Waals surface area contributed by atoms with E-state index in [0.29, 0.717) is 25.9 Å². The second-order valence-corrected chi connectivity index (χ2v) is 8.15. The molecule has 5 heteroatoms. The van der Waals surface area contributed by atoms with Gasteiger partial charge in [0.1, 0.15) is 0 Å². The average Bonchev–Trinajstić information content (AvgIpc) is 3.12. The fourth-order valence-corrected chi connectivity index (χ4v) is 4.47. The molecule has 2 saturated heterocycles. The molecule has 0 aliphatic carbocycles. The molecule has 2 fully saturated rings. The molecule has 1 atom stereocenters. The monoisotopic (exact) mass is 372 g/mol. The highest BCUT2D eigenvalue weighted by molar-refractivity contribution is 5.80. The number of aliphatic hydroxyl groups excluding tert-OH is 1. The quantitative estimate of drug-likeness (QED) is 0.763. The third kappa shape index (κ3) is 5.32. The first-order valence-corrected chi connectivity index (χ1v) is 10.3. The number of likely N-dealkylation sites (tertiary alicyclic amines) is 2. The second-order valence-electron chi connectivity index (χ2n) is 8.15. The number of benzene rings is 1. The lowest BCUT2D eigenvalue weighted by Gasteiger charge is -2.42. The van der Waals surface area contributed by atoms with E-state index in [1.807, 2.05) is 11.0 Å². The molecule has 1 aromatic carbocycles. The number of aryl methyl sites for hydroxylation is 1. The molecule has 0 radical (unpaired) electrons. The highest BCUT2D eigenvalue weighted by Crippen LogP contribution is 2.35. The summed E-state index contributed by atoms with van der Waals surface area (Å²) < 4.78 is 0. The maximum Gasteiger partial charge on any atom is 0.224 e. The Hall–Kier alpha value is -1.88. The molecule has 1 N–H and O–H groups in total. The number of nitrogens with zero attached hydrogens (tertiary/aromatic N) is 2. The Labute approximate surface area is 162 Å². The minimum Gasteiger partial charge on any atom is -0.396 e. The van der Waals surface area contributed by atoms with E-state index in [2.05, 4.69) is 24.3 Å². The molecule has 5 nitrogen and oxygen atoms in total. The van der Waals surface area contributed by atoms with Crippen molar-refractivity contribution in [1.82, 2.24) is 9.80 Å². The van der Waals surface area contributed by atoms with Gasteiger partial charge in [0, 0.05) is 44.4 Å². The molecule has 2 aliphatic heterocycles. The van der Waals surface area contributed by atoms with E-state index < -0.39 is 0 Å². The zero-order chi connectivity index (χ0) is 19.1. The summed E-state index contributed by atoms with van der Waals surface area (Å²) >= 11 is 0. The molecule has 2 amide bonds. The summed E-state index contributed by atoms with van der Waals surface area (Å²) in [6.07, 6.45) is 6.82. The summed E-state index contributed by atoms with van der Waals surface area (Å²) in [4.78, 5) is 28.1. The van der Waals surface area contributed by atoms with Crippen LogP contribution in [0.25, 0.3) is 0 Å². The maximum absolute atomic E-state index is 12.7. The summed E-state index contributed by atoms with van der Waals surface area (Å²) in [7, 11) is 0. The van der Waals surface area contributed by atoms with E-state index in [0.717, 1.165) is 51.6 Å². The van der Waals surface area contributed by atoms with Crippen LogP contribution in [-0.2, 0) is 16.0 Å².